The smallest absolute Gasteiger partial charge is 0.323 e. The molecule has 6 amide bonds. The number of carbonyl (C=O) groups is 10. The molecule has 2 aromatic rings. The molecule has 0 aliphatic rings. The number of carboxylic acid groups (broad SMARTS) is 4. The molecule has 0 atom stereocenters. The first-order valence-electron chi connectivity index (χ1n) is 17.1. The Morgan fingerprint density at radius 3 is 1.48 bits per heavy atom. The van der Waals surface area contributed by atoms with Gasteiger partial charge in [0.25, 0.3) is 11.8 Å². The van der Waals surface area contributed by atoms with Crippen molar-refractivity contribution in [2.24, 2.45) is 5.73 Å². The van der Waals surface area contributed by atoms with Crippen LogP contribution in [0.3, 0.4) is 0 Å². The first kappa shape index (κ1) is 47.2. The van der Waals surface area contributed by atoms with E-state index in [1.807, 2.05) is 26.8 Å². The van der Waals surface area contributed by atoms with Gasteiger partial charge in [0, 0.05) is 29.8 Å². The van der Waals surface area contributed by atoms with Crippen LogP contribution in [0.25, 0.3) is 0 Å². The summed E-state index contributed by atoms with van der Waals surface area (Å²) in [5.74, 6) is -12.1. The number of hydrogen-bond acceptors (Lipinski definition) is 10. The SMILES string of the molecule is CC.Cc1cccc(C(=O)NCCCCN(CC(=O)O)C(=O)CN(CC(=O)O)C(=O)CN(CC(=O)O)C(=O)CN(CC(=O)O)C(=O)c2cccc(C(N)=O)c2)c1. The van der Waals surface area contributed by atoms with Crippen molar-refractivity contribution in [3.63, 3.8) is 0 Å². The standard InChI is InChI=1S/C34H40N6O14.C2H6/c1-21-6-4-8-23(12-21)33(53)36-10-2-3-11-37(17-28(44)45)25(41)14-38(18-29(46)47)26(42)15-39(19-30(48)49)27(43)16-40(20-31(50)51)34(54)24-9-5-7-22(13-24)32(35)52;1-2/h4-9,12-13H,2-3,10-11,14-20H2,1H3,(H2,35,52)(H,36,53)(H,44,45)(H,46,47)(H,48,49)(H,50,51);1-2H3. The molecule has 20 heteroatoms. The second-order valence-corrected chi connectivity index (χ2v) is 11.8. The summed E-state index contributed by atoms with van der Waals surface area (Å²) in [6, 6.07) is 11.6. The summed E-state index contributed by atoms with van der Waals surface area (Å²) in [4.78, 5) is 125. The minimum Gasteiger partial charge on any atom is -0.480 e. The number of amides is 6. The quantitative estimate of drug-likeness (QED) is 0.0828. The van der Waals surface area contributed by atoms with Crippen LogP contribution in [0.2, 0.25) is 0 Å². The van der Waals surface area contributed by atoms with Gasteiger partial charge in [-0.1, -0.05) is 37.6 Å². The summed E-state index contributed by atoms with van der Waals surface area (Å²) in [5.41, 5.74) is 6.18. The van der Waals surface area contributed by atoms with E-state index in [0.29, 0.717) is 26.7 Å². The molecule has 7 N–H and O–H groups in total. The van der Waals surface area contributed by atoms with Gasteiger partial charge < -0.3 is 51.1 Å². The van der Waals surface area contributed by atoms with Crippen molar-refractivity contribution in [3.05, 3.63) is 70.8 Å². The third-order valence-corrected chi connectivity index (χ3v) is 7.44. The Hall–Kier alpha value is -6.86. The number of aryl methyl sites for hydroxylation is 1. The molecular formula is C36H46N6O14. The van der Waals surface area contributed by atoms with Crippen LogP contribution >= 0.6 is 0 Å². The Morgan fingerprint density at radius 1 is 0.554 bits per heavy atom. The third kappa shape index (κ3) is 16.9. The van der Waals surface area contributed by atoms with Crippen molar-refractivity contribution in [2.75, 3.05) is 58.9 Å². The van der Waals surface area contributed by atoms with Gasteiger partial charge in [0.05, 0.1) is 0 Å². The fourth-order valence-corrected chi connectivity index (χ4v) is 4.90. The first-order chi connectivity index (χ1) is 26.4. The second-order valence-electron chi connectivity index (χ2n) is 11.8. The van der Waals surface area contributed by atoms with Crippen LogP contribution in [-0.2, 0) is 33.6 Å². The topological polar surface area (TPSA) is 303 Å². The maximum absolute atomic E-state index is 13.3. The Bertz CT molecular complexity index is 1780. The van der Waals surface area contributed by atoms with Gasteiger partial charge in [0.1, 0.15) is 45.8 Å². The summed E-state index contributed by atoms with van der Waals surface area (Å²) < 4.78 is 0. The average Bonchev–Trinajstić information content (AvgIpc) is 3.13. The highest BCUT2D eigenvalue weighted by Crippen LogP contribution is 2.10. The molecule has 0 aliphatic carbocycles. The summed E-state index contributed by atoms with van der Waals surface area (Å²) in [5, 5.41) is 40.3. The molecule has 0 radical (unpaired) electrons. The van der Waals surface area contributed by atoms with Crippen molar-refractivity contribution in [2.45, 2.75) is 33.6 Å². The van der Waals surface area contributed by atoms with Crippen LogP contribution < -0.4 is 11.1 Å². The molecule has 0 saturated carbocycles. The number of nitrogens with two attached hydrogens (primary N) is 1. The molecule has 0 unspecified atom stereocenters. The van der Waals surface area contributed by atoms with Gasteiger partial charge in [0.15, 0.2) is 0 Å². The normalized spacial score (nSPS) is 10.1. The number of nitrogens with one attached hydrogen (secondary N) is 1. The zero-order valence-electron chi connectivity index (χ0n) is 31.1. The average molecular weight is 787 g/mol. The second kappa shape index (κ2) is 23.7. The van der Waals surface area contributed by atoms with Crippen LogP contribution in [0, 0.1) is 6.92 Å². The van der Waals surface area contributed by atoms with Gasteiger partial charge in [0.2, 0.25) is 23.6 Å². The summed E-state index contributed by atoms with van der Waals surface area (Å²) in [6.07, 6.45) is 0.502. The zero-order chi connectivity index (χ0) is 42.5. The van der Waals surface area contributed by atoms with Gasteiger partial charge >= 0.3 is 23.9 Å². The third-order valence-electron chi connectivity index (χ3n) is 7.44. The minimum atomic E-state index is -1.65. The highest BCUT2D eigenvalue weighted by molar-refractivity contribution is 6.01. The molecule has 304 valence electrons. The van der Waals surface area contributed by atoms with Crippen molar-refractivity contribution >= 4 is 59.3 Å². The largest absolute Gasteiger partial charge is 0.480 e. The van der Waals surface area contributed by atoms with Crippen molar-refractivity contribution in [3.8, 4) is 0 Å². The molecule has 0 aliphatic heterocycles. The molecule has 0 saturated heterocycles. The molecule has 20 nitrogen and oxygen atoms in total. The molecule has 0 aromatic heterocycles. The highest BCUT2D eigenvalue weighted by atomic mass is 16.4. The summed E-state index contributed by atoms with van der Waals surface area (Å²) in [7, 11) is 0. The van der Waals surface area contributed by atoms with E-state index in [4.69, 9.17) is 5.73 Å². The van der Waals surface area contributed by atoms with Crippen LogP contribution in [0.4, 0.5) is 0 Å². The number of carboxylic acids is 4. The van der Waals surface area contributed by atoms with Crippen molar-refractivity contribution < 1.29 is 68.4 Å². The maximum Gasteiger partial charge on any atom is 0.323 e. The fraction of sp³-hybridized carbons (Fsp3) is 0.389. The minimum absolute atomic E-state index is 0.113. The van der Waals surface area contributed by atoms with E-state index < -0.39 is 99.2 Å². The number of hydrogen-bond donors (Lipinski definition) is 6. The highest BCUT2D eigenvalue weighted by Gasteiger charge is 2.30. The number of nitrogens with zero attached hydrogens (tertiary/aromatic N) is 4. The lowest BCUT2D eigenvalue weighted by Gasteiger charge is -2.29. The van der Waals surface area contributed by atoms with Crippen molar-refractivity contribution in [1.82, 2.24) is 24.9 Å². The van der Waals surface area contributed by atoms with E-state index >= 15 is 0 Å². The van der Waals surface area contributed by atoms with Crippen LogP contribution in [0.1, 0.15) is 63.3 Å². The Balaban J connectivity index is 0.00000771. The van der Waals surface area contributed by atoms with E-state index in [2.05, 4.69) is 5.32 Å². The van der Waals surface area contributed by atoms with Crippen LogP contribution in [-0.4, -0.2) is 158 Å². The lowest BCUT2D eigenvalue weighted by molar-refractivity contribution is -0.153. The molecule has 56 heavy (non-hydrogen) atoms. The number of unbranched alkanes of at least 4 members (excludes halogenated alkanes) is 1. The number of aliphatic carboxylic acids is 4. The van der Waals surface area contributed by atoms with Gasteiger partial charge in [-0.3, -0.25) is 47.9 Å². The van der Waals surface area contributed by atoms with E-state index in [1.54, 1.807) is 18.2 Å². The predicted octanol–water partition coefficient (Wildman–Crippen LogP) is -0.403. The summed E-state index contributed by atoms with van der Waals surface area (Å²) >= 11 is 0. The lowest BCUT2D eigenvalue weighted by atomic mass is 10.1. The number of primary amides is 1. The predicted molar refractivity (Wildman–Crippen MR) is 195 cm³/mol. The number of benzene rings is 2. The van der Waals surface area contributed by atoms with E-state index in [9.17, 15) is 68.4 Å². The molecule has 2 rings (SSSR count). The van der Waals surface area contributed by atoms with Crippen LogP contribution in [0.5, 0.6) is 0 Å². The fourth-order valence-electron chi connectivity index (χ4n) is 4.90. The molecule has 0 spiro atoms. The van der Waals surface area contributed by atoms with Crippen LogP contribution in [0.15, 0.2) is 48.5 Å². The maximum atomic E-state index is 13.3. The Labute approximate surface area is 321 Å². The number of rotatable bonds is 22. The molecule has 0 bridgehead atoms. The molecule has 2 aromatic carbocycles. The first-order valence-corrected chi connectivity index (χ1v) is 17.1. The summed E-state index contributed by atoms with van der Waals surface area (Å²) in [6.45, 7) is -1.57. The number of carbonyl (C=O) groups excluding carboxylic acids is 6. The van der Waals surface area contributed by atoms with Crippen molar-refractivity contribution in [1.29, 1.82) is 0 Å². The van der Waals surface area contributed by atoms with Gasteiger partial charge in [-0.2, -0.15) is 0 Å². The molecule has 0 fully saturated rings. The van der Waals surface area contributed by atoms with E-state index in [0.717, 1.165) is 16.5 Å². The monoisotopic (exact) mass is 786 g/mol. The Morgan fingerprint density at radius 2 is 0.982 bits per heavy atom. The Kier molecular flexibility index (Phi) is 20.0. The molecule has 0 heterocycles. The van der Waals surface area contributed by atoms with Gasteiger partial charge in [-0.05, 0) is 50.1 Å². The van der Waals surface area contributed by atoms with E-state index in [1.165, 1.54) is 18.2 Å². The lowest BCUT2D eigenvalue weighted by Crippen LogP contribution is -2.52. The molecular weight excluding hydrogens is 740 g/mol. The van der Waals surface area contributed by atoms with E-state index in [-0.39, 0.29) is 36.5 Å². The van der Waals surface area contributed by atoms with Gasteiger partial charge in [-0.25, -0.2) is 0 Å². The zero-order valence-corrected chi connectivity index (χ0v) is 31.1. The van der Waals surface area contributed by atoms with Gasteiger partial charge in [-0.15, -0.1) is 0 Å².